The van der Waals surface area contributed by atoms with Crippen LogP contribution in [0.3, 0.4) is 0 Å². The molecule has 0 atom stereocenters. The van der Waals surface area contributed by atoms with E-state index in [1.54, 1.807) is 24.4 Å². The summed E-state index contributed by atoms with van der Waals surface area (Å²) in [4.78, 5) is 4.14. The van der Waals surface area contributed by atoms with Crippen molar-refractivity contribution >= 4 is 26.6 Å². The average molecular weight is 222 g/mol. The Morgan fingerprint density at radius 2 is 2.00 bits per heavy atom. The Labute approximate surface area is 88.0 Å². The number of sulfonamides is 1. The second-order valence-electron chi connectivity index (χ2n) is 3.25. The third kappa shape index (κ3) is 2.24. The Bertz CT molecular complexity index is 588. The summed E-state index contributed by atoms with van der Waals surface area (Å²) >= 11 is 0. The van der Waals surface area contributed by atoms with E-state index in [1.807, 2.05) is 12.1 Å². The molecule has 2 rings (SSSR count). The zero-order valence-corrected chi connectivity index (χ0v) is 8.95. The van der Waals surface area contributed by atoms with Crippen LogP contribution < -0.4 is 4.72 Å². The Morgan fingerprint density at radius 3 is 2.73 bits per heavy atom. The second-order valence-corrected chi connectivity index (χ2v) is 5.00. The summed E-state index contributed by atoms with van der Waals surface area (Å²) in [6.07, 6.45) is 2.80. The SMILES string of the molecule is CS(=O)(=O)Nc1cccc2ncccc12. The third-order valence-corrected chi connectivity index (χ3v) is 2.53. The van der Waals surface area contributed by atoms with Crippen LogP contribution >= 0.6 is 0 Å². The molecule has 1 N–H and O–H groups in total. The van der Waals surface area contributed by atoms with E-state index in [4.69, 9.17) is 0 Å². The van der Waals surface area contributed by atoms with Gasteiger partial charge >= 0.3 is 0 Å². The van der Waals surface area contributed by atoms with Crippen LogP contribution in [0, 0.1) is 0 Å². The molecule has 0 spiro atoms. The molecule has 2 aromatic rings. The predicted molar refractivity (Wildman–Crippen MR) is 60.2 cm³/mol. The molecular weight excluding hydrogens is 212 g/mol. The third-order valence-electron chi connectivity index (χ3n) is 1.94. The zero-order valence-electron chi connectivity index (χ0n) is 8.14. The number of hydrogen-bond donors (Lipinski definition) is 1. The van der Waals surface area contributed by atoms with Crippen molar-refractivity contribution in [2.45, 2.75) is 0 Å². The summed E-state index contributed by atoms with van der Waals surface area (Å²) < 4.78 is 24.7. The van der Waals surface area contributed by atoms with Crippen LogP contribution in [0.4, 0.5) is 5.69 Å². The summed E-state index contributed by atoms with van der Waals surface area (Å²) in [5, 5.41) is 0.797. The molecule has 15 heavy (non-hydrogen) atoms. The van der Waals surface area contributed by atoms with Crippen molar-refractivity contribution in [3.63, 3.8) is 0 Å². The van der Waals surface area contributed by atoms with Gasteiger partial charge in [-0.15, -0.1) is 0 Å². The van der Waals surface area contributed by atoms with E-state index >= 15 is 0 Å². The molecule has 0 saturated carbocycles. The number of fused-ring (bicyclic) bond motifs is 1. The van der Waals surface area contributed by atoms with E-state index in [1.165, 1.54) is 0 Å². The summed E-state index contributed by atoms with van der Waals surface area (Å²) in [6, 6.07) is 8.92. The predicted octanol–water partition coefficient (Wildman–Crippen LogP) is 1.61. The molecule has 0 aliphatic heterocycles. The van der Waals surface area contributed by atoms with Gasteiger partial charge in [0.25, 0.3) is 0 Å². The molecule has 1 aromatic heterocycles. The number of aromatic nitrogens is 1. The highest BCUT2D eigenvalue weighted by Gasteiger charge is 2.05. The molecule has 4 nitrogen and oxygen atoms in total. The van der Waals surface area contributed by atoms with E-state index in [0.717, 1.165) is 17.2 Å². The molecule has 0 fully saturated rings. The van der Waals surface area contributed by atoms with Crippen LogP contribution in [0.5, 0.6) is 0 Å². The largest absolute Gasteiger partial charge is 0.283 e. The van der Waals surface area contributed by atoms with Gasteiger partial charge in [0.15, 0.2) is 0 Å². The molecular formula is C10H10N2O2S. The highest BCUT2D eigenvalue weighted by Crippen LogP contribution is 2.21. The van der Waals surface area contributed by atoms with Crippen LogP contribution in [0.1, 0.15) is 0 Å². The molecule has 78 valence electrons. The summed E-state index contributed by atoms with van der Waals surface area (Å²) in [5.74, 6) is 0. The van der Waals surface area contributed by atoms with Gasteiger partial charge in [-0.3, -0.25) is 9.71 Å². The highest BCUT2D eigenvalue weighted by atomic mass is 32.2. The first kappa shape index (κ1) is 9.92. The molecule has 1 heterocycles. The van der Waals surface area contributed by atoms with Crippen LogP contribution in [0.2, 0.25) is 0 Å². The summed E-state index contributed by atoms with van der Waals surface area (Å²) in [6.45, 7) is 0. The maximum atomic E-state index is 11.1. The number of benzene rings is 1. The fourth-order valence-electron chi connectivity index (χ4n) is 1.39. The Kier molecular flexibility index (Phi) is 2.32. The van der Waals surface area contributed by atoms with Crippen LogP contribution in [-0.4, -0.2) is 19.7 Å². The molecule has 0 amide bonds. The highest BCUT2D eigenvalue weighted by molar-refractivity contribution is 7.92. The van der Waals surface area contributed by atoms with Crippen molar-refractivity contribution in [2.75, 3.05) is 11.0 Å². The average Bonchev–Trinajstić information content (AvgIpc) is 2.16. The minimum atomic E-state index is -3.25. The monoisotopic (exact) mass is 222 g/mol. The quantitative estimate of drug-likeness (QED) is 0.839. The number of rotatable bonds is 2. The molecule has 0 radical (unpaired) electrons. The number of hydrogen-bond acceptors (Lipinski definition) is 3. The van der Waals surface area contributed by atoms with Gasteiger partial charge in [-0.25, -0.2) is 8.42 Å². The van der Waals surface area contributed by atoms with Crippen molar-refractivity contribution in [2.24, 2.45) is 0 Å². The molecule has 0 aliphatic rings. The molecule has 1 aromatic carbocycles. The molecule has 0 aliphatic carbocycles. The van der Waals surface area contributed by atoms with Gasteiger partial charge in [-0.1, -0.05) is 6.07 Å². The minimum Gasteiger partial charge on any atom is -0.283 e. The summed E-state index contributed by atoms with van der Waals surface area (Å²) in [5.41, 5.74) is 1.33. The summed E-state index contributed by atoms with van der Waals surface area (Å²) in [7, 11) is -3.25. The number of pyridine rings is 1. The fraction of sp³-hybridized carbons (Fsp3) is 0.100. The van der Waals surface area contributed by atoms with Gasteiger partial charge in [0.05, 0.1) is 17.5 Å². The van der Waals surface area contributed by atoms with Gasteiger partial charge in [0, 0.05) is 11.6 Å². The first-order chi connectivity index (χ1) is 7.06. The Hall–Kier alpha value is -1.62. The lowest BCUT2D eigenvalue weighted by Crippen LogP contribution is -2.09. The lowest BCUT2D eigenvalue weighted by molar-refractivity contribution is 0.607. The van der Waals surface area contributed by atoms with E-state index in [2.05, 4.69) is 9.71 Å². The molecule has 0 unspecified atom stereocenters. The van der Waals surface area contributed by atoms with E-state index in [-0.39, 0.29) is 0 Å². The van der Waals surface area contributed by atoms with Crippen molar-refractivity contribution in [1.82, 2.24) is 4.98 Å². The van der Waals surface area contributed by atoms with Crippen LogP contribution in [0.25, 0.3) is 10.9 Å². The van der Waals surface area contributed by atoms with Gasteiger partial charge in [0.2, 0.25) is 10.0 Å². The first-order valence-corrected chi connectivity index (χ1v) is 6.27. The number of anilines is 1. The Morgan fingerprint density at radius 1 is 1.20 bits per heavy atom. The standard InChI is InChI=1S/C10H10N2O2S/c1-15(13,14)12-10-6-2-5-9-8(10)4-3-7-11-9/h2-7,12H,1H3. The lowest BCUT2D eigenvalue weighted by atomic mass is 10.2. The van der Waals surface area contributed by atoms with Crippen LogP contribution in [0.15, 0.2) is 36.5 Å². The van der Waals surface area contributed by atoms with Gasteiger partial charge in [0.1, 0.15) is 0 Å². The fourth-order valence-corrected chi connectivity index (χ4v) is 1.97. The smallest absolute Gasteiger partial charge is 0.229 e. The van der Waals surface area contributed by atoms with Crippen molar-refractivity contribution in [3.8, 4) is 0 Å². The lowest BCUT2D eigenvalue weighted by Gasteiger charge is -2.06. The normalized spacial score (nSPS) is 11.5. The Balaban J connectivity index is 2.61. The van der Waals surface area contributed by atoms with E-state index in [0.29, 0.717) is 5.69 Å². The second kappa shape index (κ2) is 3.51. The zero-order chi connectivity index (χ0) is 10.9. The van der Waals surface area contributed by atoms with Crippen molar-refractivity contribution in [1.29, 1.82) is 0 Å². The molecule has 0 saturated heterocycles. The van der Waals surface area contributed by atoms with E-state index < -0.39 is 10.0 Å². The maximum absolute atomic E-state index is 11.1. The first-order valence-electron chi connectivity index (χ1n) is 4.38. The van der Waals surface area contributed by atoms with Gasteiger partial charge in [-0.05, 0) is 24.3 Å². The molecule has 0 bridgehead atoms. The van der Waals surface area contributed by atoms with Crippen molar-refractivity contribution in [3.05, 3.63) is 36.5 Å². The van der Waals surface area contributed by atoms with E-state index in [9.17, 15) is 8.42 Å². The maximum Gasteiger partial charge on any atom is 0.229 e. The number of nitrogens with one attached hydrogen (secondary N) is 1. The van der Waals surface area contributed by atoms with Gasteiger partial charge in [-0.2, -0.15) is 0 Å². The molecule has 5 heteroatoms. The number of nitrogens with zero attached hydrogens (tertiary/aromatic N) is 1. The van der Waals surface area contributed by atoms with Gasteiger partial charge < -0.3 is 0 Å². The minimum absolute atomic E-state index is 0.558. The van der Waals surface area contributed by atoms with Crippen LogP contribution in [-0.2, 0) is 10.0 Å². The topological polar surface area (TPSA) is 59.1 Å². The van der Waals surface area contributed by atoms with Crippen molar-refractivity contribution < 1.29 is 8.42 Å².